The molecule has 0 saturated carbocycles. The van der Waals surface area contributed by atoms with E-state index < -0.39 is 11.9 Å². The quantitative estimate of drug-likeness (QED) is 0.855. The Morgan fingerprint density at radius 2 is 1.90 bits per heavy atom. The second kappa shape index (κ2) is 6.90. The van der Waals surface area contributed by atoms with Crippen LogP contribution in [0.1, 0.15) is 27.6 Å². The molecule has 21 heavy (non-hydrogen) atoms. The fraction of sp³-hybridized carbons (Fsp3) is 0.133. The summed E-state index contributed by atoms with van der Waals surface area (Å²) >= 11 is 1.13. The molecular formula is C15H13NO4S. The van der Waals surface area contributed by atoms with E-state index in [-0.39, 0.29) is 12.2 Å². The molecule has 0 aliphatic carbocycles. The number of rotatable bonds is 5. The van der Waals surface area contributed by atoms with Crippen molar-refractivity contribution in [2.75, 3.05) is 6.61 Å². The van der Waals surface area contributed by atoms with Crippen LogP contribution in [-0.4, -0.2) is 28.6 Å². The number of ether oxygens (including phenoxy) is 1. The maximum Gasteiger partial charge on any atom is 0.340 e. The number of esters is 1. The Hall–Kier alpha value is -2.34. The molecule has 2 rings (SSSR count). The molecule has 0 unspecified atom stereocenters. The topological polar surface area (TPSA) is 76.5 Å². The number of carboxylic acid groups (broad SMARTS) is 1. The predicted octanol–water partition coefficient (Wildman–Crippen LogP) is 3.11. The van der Waals surface area contributed by atoms with Gasteiger partial charge in [-0.05, 0) is 31.2 Å². The highest BCUT2D eigenvalue weighted by molar-refractivity contribution is 7.99. The minimum Gasteiger partial charge on any atom is -0.478 e. The Kier molecular flexibility index (Phi) is 4.94. The Bertz CT molecular complexity index is 672. The molecule has 0 aliphatic rings. The zero-order valence-electron chi connectivity index (χ0n) is 11.3. The molecule has 1 aromatic heterocycles. The summed E-state index contributed by atoms with van der Waals surface area (Å²) < 4.78 is 4.98. The zero-order valence-corrected chi connectivity index (χ0v) is 12.1. The molecule has 6 heteroatoms. The normalized spacial score (nSPS) is 10.1. The van der Waals surface area contributed by atoms with E-state index in [1.54, 1.807) is 43.5 Å². The van der Waals surface area contributed by atoms with Gasteiger partial charge in [0.05, 0.1) is 17.7 Å². The summed E-state index contributed by atoms with van der Waals surface area (Å²) in [7, 11) is 0. The smallest absolute Gasteiger partial charge is 0.340 e. The van der Waals surface area contributed by atoms with E-state index in [4.69, 9.17) is 4.74 Å². The average Bonchev–Trinajstić information content (AvgIpc) is 2.48. The van der Waals surface area contributed by atoms with Crippen molar-refractivity contribution in [3.8, 4) is 0 Å². The molecule has 1 aromatic carbocycles. The second-order valence-corrected chi connectivity index (χ2v) is 5.01. The molecule has 0 aliphatic heterocycles. The monoisotopic (exact) mass is 303 g/mol. The fourth-order valence-corrected chi connectivity index (χ4v) is 2.67. The molecule has 108 valence electrons. The first-order valence-corrected chi connectivity index (χ1v) is 7.07. The molecule has 0 amide bonds. The Balaban J connectivity index is 2.37. The SMILES string of the molecule is CCOC(=O)c1cccnc1Sc1ccccc1C(=O)O. The molecule has 0 bridgehead atoms. The van der Waals surface area contributed by atoms with Gasteiger partial charge in [-0.15, -0.1) is 0 Å². The number of carbonyl (C=O) groups excluding carboxylic acids is 1. The van der Waals surface area contributed by atoms with Gasteiger partial charge in [-0.1, -0.05) is 23.9 Å². The van der Waals surface area contributed by atoms with E-state index in [1.165, 1.54) is 6.07 Å². The molecule has 5 nitrogen and oxygen atoms in total. The molecule has 0 spiro atoms. The minimum absolute atomic E-state index is 0.169. The van der Waals surface area contributed by atoms with Crippen LogP contribution in [0.4, 0.5) is 0 Å². The summed E-state index contributed by atoms with van der Waals surface area (Å²) in [5, 5.41) is 9.60. The van der Waals surface area contributed by atoms with Crippen molar-refractivity contribution in [3.63, 3.8) is 0 Å². The third-order valence-electron chi connectivity index (χ3n) is 2.59. The molecule has 2 aromatic rings. The van der Waals surface area contributed by atoms with Crippen LogP contribution < -0.4 is 0 Å². The average molecular weight is 303 g/mol. The summed E-state index contributed by atoms with van der Waals surface area (Å²) in [6.45, 7) is 1.99. The Morgan fingerprint density at radius 3 is 2.62 bits per heavy atom. The first-order chi connectivity index (χ1) is 10.1. The Morgan fingerprint density at radius 1 is 1.19 bits per heavy atom. The van der Waals surface area contributed by atoms with Crippen molar-refractivity contribution in [2.24, 2.45) is 0 Å². The van der Waals surface area contributed by atoms with Crippen LogP contribution in [0.2, 0.25) is 0 Å². The van der Waals surface area contributed by atoms with E-state index >= 15 is 0 Å². The van der Waals surface area contributed by atoms with Gasteiger partial charge in [0.15, 0.2) is 0 Å². The van der Waals surface area contributed by atoms with Crippen LogP contribution in [0.3, 0.4) is 0 Å². The number of benzene rings is 1. The van der Waals surface area contributed by atoms with Crippen LogP contribution in [0.25, 0.3) is 0 Å². The number of carboxylic acids is 1. The highest BCUT2D eigenvalue weighted by Gasteiger charge is 2.17. The summed E-state index contributed by atoms with van der Waals surface area (Å²) in [5.41, 5.74) is 0.493. The summed E-state index contributed by atoms with van der Waals surface area (Å²) in [6, 6.07) is 9.82. The number of hydrogen-bond donors (Lipinski definition) is 1. The molecule has 0 radical (unpaired) electrons. The van der Waals surface area contributed by atoms with Gasteiger partial charge >= 0.3 is 11.9 Å². The van der Waals surface area contributed by atoms with Crippen molar-refractivity contribution < 1.29 is 19.4 Å². The van der Waals surface area contributed by atoms with Gasteiger partial charge in [0, 0.05) is 11.1 Å². The highest BCUT2D eigenvalue weighted by atomic mass is 32.2. The number of carbonyl (C=O) groups is 2. The van der Waals surface area contributed by atoms with E-state index in [0.717, 1.165) is 11.8 Å². The third-order valence-corrected chi connectivity index (χ3v) is 3.69. The summed E-state index contributed by atoms with van der Waals surface area (Å²) in [5.74, 6) is -1.49. The minimum atomic E-state index is -1.02. The standard InChI is InChI=1S/C15H13NO4S/c1-2-20-15(19)11-7-5-9-16-13(11)21-12-8-4-3-6-10(12)14(17)18/h3-9H,2H2,1H3,(H,17,18). The molecule has 0 saturated heterocycles. The van der Waals surface area contributed by atoms with Crippen LogP contribution in [0.15, 0.2) is 52.5 Å². The summed E-state index contributed by atoms with van der Waals surface area (Å²) in [4.78, 5) is 27.8. The van der Waals surface area contributed by atoms with Crippen LogP contribution in [-0.2, 0) is 4.74 Å². The number of aromatic carboxylic acids is 1. The van der Waals surface area contributed by atoms with Crippen molar-refractivity contribution in [1.82, 2.24) is 4.98 Å². The van der Waals surface area contributed by atoms with Crippen molar-refractivity contribution in [3.05, 3.63) is 53.7 Å². The van der Waals surface area contributed by atoms with Crippen LogP contribution in [0.5, 0.6) is 0 Å². The lowest BCUT2D eigenvalue weighted by Crippen LogP contribution is -2.07. The van der Waals surface area contributed by atoms with Crippen LogP contribution in [0, 0.1) is 0 Å². The molecular weight excluding hydrogens is 290 g/mol. The number of hydrogen-bond acceptors (Lipinski definition) is 5. The second-order valence-electron chi connectivity index (χ2n) is 3.98. The van der Waals surface area contributed by atoms with Gasteiger partial charge in [-0.25, -0.2) is 14.6 Å². The van der Waals surface area contributed by atoms with E-state index in [2.05, 4.69) is 4.98 Å². The van der Waals surface area contributed by atoms with Gasteiger partial charge in [0.25, 0.3) is 0 Å². The van der Waals surface area contributed by atoms with Crippen molar-refractivity contribution >= 4 is 23.7 Å². The number of nitrogens with zero attached hydrogens (tertiary/aromatic N) is 1. The van der Waals surface area contributed by atoms with Crippen molar-refractivity contribution in [1.29, 1.82) is 0 Å². The van der Waals surface area contributed by atoms with Gasteiger partial charge < -0.3 is 9.84 Å². The molecule has 0 fully saturated rings. The molecule has 1 N–H and O–H groups in total. The lowest BCUT2D eigenvalue weighted by molar-refractivity contribution is 0.0521. The van der Waals surface area contributed by atoms with Crippen LogP contribution >= 0.6 is 11.8 Å². The van der Waals surface area contributed by atoms with E-state index in [1.807, 2.05) is 0 Å². The predicted molar refractivity (Wildman–Crippen MR) is 77.7 cm³/mol. The molecule has 0 atom stereocenters. The van der Waals surface area contributed by atoms with Gasteiger partial charge in [0.1, 0.15) is 5.03 Å². The largest absolute Gasteiger partial charge is 0.478 e. The summed E-state index contributed by atoms with van der Waals surface area (Å²) in [6.07, 6.45) is 1.55. The number of pyridine rings is 1. The lowest BCUT2D eigenvalue weighted by Gasteiger charge is -2.08. The highest BCUT2D eigenvalue weighted by Crippen LogP contribution is 2.31. The zero-order chi connectivity index (χ0) is 15.2. The van der Waals surface area contributed by atoms with Crippen molar-refractivity contribution in [2.45, 2.75) is 16.8 Å². The Labute approximate surface area is 126 Å². The van der Waals surface area contributed by atoms with E-state index in [9.17, 15) is 14.7 Å². The molecule has 1 heterocycles. The van der Waals surface area contributed by atoms with Gasteiger partial charge in [-0.3, -0.25) is 0 Å². The fourth-order valence-electron chi connectivity index (χ4n) is 1.67. The van der Waals surface area contributed by atoms with E-state index in [0.29, 0.717) is 15.5 Å². The van der Waals surface area contributed by atoms with Gasteiger partial charge in [-0.2, -0.15) is 0 Å². The first kappa shape index (κ1) is 15.1. The number of aromatic nitrogens is 1. The van der Waals surface area contributed by atoms with Gasteiger partial charge in [0.2, 0.25) is 0 Å². The maximum absolute atomic E-state index is 11.9. The first-order valence-electron chi connectivity index (χ1n) is 6.25. The lowest BCUT2D eigenvalue weighted by atomic mass is 10.2. The third kappa shape index (κ3) is 3.61. The maximum atomic E-state index is 11.9.